The Kier molecular flexibility index (Phi) is 8.26. The van der Waals surface area contributed by atoms with Crippen molar-refractivity contribution in [1.82, 2.24) is 4.90 Å². The first-order valence-corrected chi connectivity index (χ1v) is 7.24. The third kappa shape index (κ3) is 8.15. The second-order valence-electron chi connectivity index (χ2n) is 5.31. The molecule has 0 aliphatic heterocycles. The molecule has 0 amide bonds. The van der Waals surface area contributed by atoms with Crippen LogP contribution in [0.2, 0.25) is 0 Å². The monoisotopic (exact) mass is 281 g/mol. The third-order valence-electron chi connectivity index (χ3n) is 2.84. The number of nitrogens with zero attached hydrogens (tertiary/aromatic N) is 1. The number of aliphatic hydroxyl groups excluding tert-OH is 1. The topological polar surface area (TPSA) is 41.9 Å². The molecule has 20 heavy (non-hydrogen) atoms. The predicted molar refractivity (Wildman–Crippen MR) is 81.1 cm³/mol. The fourth-order valence-corrected chi connectivity index (χ4v) is 1.85. The van der Waals surface area contributed by atoms with Crippen molar-refractivity contribution in [3.05, 3.63) is 30.3 Å². The molecule has 0 spiro atoms. The lowest BCUT2D eigenvalue weighted by molar-refractivity contribution is -0.00586. The summed E-state index contributed by atoms with van der Waals surface area (Å²) in [5.74, 6) is 0.903. The van der Waals surface area contributed by atoms with Crippen LogP contribution in [0.1, 0.15) is 20.3 Å². The van der Waals surface area contributed by atoms with Crippen LogP contribution < -0.4 is 4.74 Å². The number of aliphatic hydroxyl groups is 1. The van der Waals surface area contributed by atoms with Crippen LogP contribution in [0, 0.1) is 0 Å². The van der Waals surface area contributed by atoms with E-state index in [0.717, 1.165) is 18.7 Å². The van der Waals surface area contributed by atoms with Gasteiger partial charge in [0.15, 0.2) is 0 Å². The number of ether oxygens (including phenoxy) is 2. The Labute approximate surface area is 122 Å². The smallest absolute Gasteiger partial charge is 0.119 e. The molecule has 0 aromatic heterocycles. The Hall–Kier alpha value is -1.10. The van der Waals surface area contributed by atoms with Gasteiger partial charge in [-0.3, -0.25) is 0 Å². The van der Waals surface area contributed by atoms with Crippen LogP contribution in [0.3, 0.4) is 0 Å². The molecule has 0 aliphatic carbocycles. The lowest BCUT2D eigenvalue weighted by atomic mass is 10.3. The molecule has 114 valence electrons. The van der Waals surface area contributed by atoms with Gasteiger partial charge in [-0.25, -0.2) is 0 Å². The van der Waals surface area contributed by atoms with Crippen molar-refractivity contribution in [2.24, 2.45) is 0 Å². The molecule has 0 radical (unpaired) electrons. The van der Waals surface area contributed by atoms with Crippen LogP contribution >= 0.6 is 0 Å². The van der Waals surface area contributed by atoms with Crippen LogP contribution in [-0.4, -0.2) is 55.6 Å². The number of benzene rings is 1. The average Bonchev–Trinajstić information content (AvgIpc) is 2.42. The van der Waals surface area contributed by atoms with Crippen molar-refractivity contribution in [1.29, 1.82) is 0 Å². The minimum atomic E-state index is -0.433. The van der Waals surface area contributed by atoms with E-state index in [0.29, 0.717) is 19.8 Å². The summed E-state index contributed by atoms with van der Waals surface area (Å²) in [7, 11) is 2.00. The van der Waals surface area contributed by atoms with Crippen molar-refractivity contribution in [3.8, 4) is 5.75 Å². The highest BCUT2D eigenvalue weighted by Gasteiger charge is 2.09. The summed E-state index contributed by atoms with van der Waals surface area (Å²) in [6.45, 7) is 6.54. The first-order chi connectivity index (χ1) is 9.58. The van der Waals surface area contributed by atoms with Gasteiger partial charge in [0.1, 0.15) is 5.75 Å². The molecule has 4 nitrogen and oxygen atoms in total. The molecular weight excluding hydrogens is 254 g/mol. The molecule has 1 rings (SSSR count). The second-order valence-corrected chi connectivity index (χ2v) is 5.31. The number of likely N-dealkylation sites (N-methyl/N-ethyl adjacent to an activating group) is 1. The van der Waals surface area contributed by atoms with E-state index in [4.69, 9.17) is 9.47 Å². The molecule has 0 fully saturated rings. The van der Waals surface area contributed by atoms with Crippen LogP contribution in [0.25, 0.3) is 0 Å². The zero-order chi connectivity index (χ0) is 14.8. The Balaban J connectivity index is 2.06. The Bertz CT molecular complexity index is 343. The number of para-hydroxylation sites is 1. The summed E-state index contributed by atoms with van der Waals surface area (Å²) in [6.07, 6.45) is 0.662. The van der Waals surface area contributed by atoms with E-state index in [9.17, 15) is 5.11 Å². The first-order valence-electron chi connectivity index (χ1n) is 7.24. The van der Waals surface area contributed by atoms with E-state index in [2.05, 4.69) is 4.90 Å². The fraction of sp³-hybridized carbons (Fsp3) is 0.625. The van der Waals surface area contributed by atoms with Crippen LogP contribution in [0.5, 0.6) is 5.75 Å². The molecule has 1 aromatic rings. The third-order valence-corrected chi connectivity index (χ3v) is 2.84. The average molecular weight is 281 g/mol. The van der Waals surface area contributed by atoms with Gasteiger partial charge in [-0.2, -0.15) is 0 Å². The standard InChI is InChI=1S/C16H27NO3/c1-14(2)20-13-15(18)12-17(3)10-7-11-19-16-8-5-4-6-9-16/h4-6,8-9,14-15,18H,7,10-13H2,1-3H3/t15-/m0/s1. The van der Waals surface area contributed by atoms with Gasteiger partial charge >= 0.3 is 0 Å². The molecule has 0 unspecified atom stereocenters. The molecular formula is C16H27NO3. The largest absolute Gasteiger partial charge is 0.494 e. The zero-order valence-electron chi connectivity index (χ0n) is 12.8. The maximum absolute atomic E-state index is 9.81. The molecule has 0 saturated carbocycles. The van der Waals surface area contributed by atoms with Crippen molar-refractivity contribution >= 4 is 0 Å². The van der Waals surface area contributed by atoms with Crippen LogP contribution in [-0.2, 0) is 4.74 Å². The van der Waals surface area contributed by atoms with Crippen molar-refractivity contribution < 1.29 is 14.6 Å². The lowest BCUT2D eigenvalue weighted by Crippen LogP contribution is -2.34. The lowest BCUT2D eigenvalue weighted by Gasteiger charge is -2.21. The second kappa shape index (κ2) is 9.75. The van der Waals surface area contributed by atoms with E-state index >= 15 is 0 Å². The van der Waals surface area contributed by atoms with E-state index in [1.54, 1.807) is 0 Å². The molecule has 0 aliphatic rings. The van der Waals surface area contributed by atoms with Gasteiger partial charge in [0, 0.05) is 13.1 Å². The van der Waals surface area contributed by atoms with Crippen molar-refractivity contribution in [2.75, 3.05) is 33.4 Å². The van der Waals surface area contributed by atoms with E-state index < -0.39 is 6.10 Å². The van der Waals surface area contributed by atoms with Crippen molar-refractivity contribution in [3.63, 3.8) is 0 Å². The molecule has 0 heterocycles. The van der Waals surface area contributed by atoms with Gasteiger partial charge in [0.2, 0.25) is 0 Å². The zero-order valence-corrected chi connectivity index (χ0v) is 12.8. The minimum Gasteiger partial charge on any atom is -0.494 e. The van der Waals surface area contributed by atoms with Gasteiger partial charge in [-0.1, -0.05) is 18.2 Å². The summed E-state index contributed by atoms with van der Waals surface area (Å²) >= 11 is 0. The summed E-state index contributed by atoms with van der Waals surface area (Å²) in [5, 5.41) is 9.81. The number of rotatable bonds is 10. The van der Waals surface area contributed by atoms with Crippen molar-refractivity contribution in [2.45, 2.75) is 32.5 Å². The Morgan fingerprint density at radius 2 is 1.90 bits per heavy atom. The predicted octanol–water partition coefficient (Wildman–Crippen LogP) is 2.17. The molecule has 1 atom stereocenters. The normalized spacial score (nSPS) is 12.9. The number of hydrogen-bond acceptors (Lipinski definition) is 4. The maximum Gasteiger partial charge on any atom is 0.119 e. The highest BCUT2D eigenvalue weighted by molar-refractivity contribution is 5.20. The highest BCUT2D eigenvalue weighted by Crippen LogP contribution is 2.08. The van der Waals surface area contributed by atoms with E-state index in [1.807, 2.05) is 51.2 Å². The Morgan fingerprint density at radius 1 is 1.20 bits per heavy atom. The molecule has 0 bridgehead atoms. The quantitative estimate of drug-likeness (QED) is 0.667. The highest BCUT2D eigenvalue weighted by atomic mass is 16.5. The summed E-state index contributed by atoms with van der Waals surface area (Å²) in [4.78, 5) is 2.10. The first kappa shape index (κ1) is 17.0. The number of hydrogen-bond donors (Lipinski definition) is 1. The molecule has 0 saturated heterocycles. The molecule has 1 N–H and O–H groups in total. The fourth-order valence-electron chi connectivity index (χ4n) is 1.85. The maximum atomic E-state index is 9.81. The molecule has 4 heteroatoms. The van der Waals surface area contributed by atoms with Gasteiger partial charge in [-0.05, 0) is 39.4 Å². The molecule has 1 aromatic carbocycles. The van der Waals surface area contributed by atoms with Gasteiger partial charge in [0.25, 0.3) is 0 Å². The van der Waals surface area contributed by atoms with Gasteiger partial charge in [-0.15, -0.1) is 0 Å². The van der Waals surface area contributed by atoms with E-state index in [-0.39, 0.29) is 6.10 Å². The van der Waals surface area contributed by atoms with E-state index in [1.165, 1.54) is 0 Å². The minimum absolute atomic E-state index is 0.161. The van der Waals surface area contributed by atoms with Gasteiger partial charge in [0.05, 0.1) is 25.4 Å². The summed E-state index contributed by atoms with van der Waals surface area (Å²) in [5.41, 5.74) is 0. The summed E-state index contributed by atoms with van der Waals surface area (Å²) in [6, 6.07) is 9.81. The van der Waals surface area contributed by atoms with Crippen LogP contribution in [0.15, 0.2) is 30.3 Å². The SMILES string of the molecule is CC(C)OC[C@@H](O)CN(C)CCCOc1ccccc1. The Morgan fingerprint density at radius 3 is 2.55 bits per heavy atom. The summed E-state index contributed by atoms with van der Waals surface area (Å²) < 4.78 is 11.0. The van der Waals surface area contributed by atoms with Gasteiger partial charge < -0.3 is 19.5 Å². The van der Waals surface area contributed by atoms with Crippen LogP contribution in [0.4, 0.5) is 0 Å².